The van der Waals surface area contributed by atoms with Crippen LogP contribution in [0.4, 0.5) is 0 Å². The fraction of sp³-hybridized carbons (Fsp3) is 0.773. The van der Waals surface area contributed by atoms with Crippen LogP contribution in [0.5, 0.6) is 0 Å². The summed E-state index contributed by atoms with van der Waals surface area (Å²) >= 11 is 0. The summed E-state index contributed by atoms with van der Waals surface area (Å²) < 4.78 is 0. The zero-order valence-electron chi connectivity index (χ0n) is 17.0. The molecule has 0 spiro atoms. The zero-order valence-corrected chi connectivity index (χ0v) is 17.0. The summed E-state index contributed by atoms with van der Waals surface area (Å²) in [6.07, 6.45) is 11.2. The molecule has 0 aliphatic rings. The lowest BCUT2D eigenvalue weighted by molar-refractivity contribution is -0.117. The lowest BCUT2D eigenvalue weighted by Gasteiger charge is -2.40. The van der Waals surface area contributed by atoms with Gasteiger partial charge < -0.3 is 4.79 Å². The van der Waals surface area contributed by atoms with Crippen LogP contribution in [0.1, 0.15) is 93.9 Å². The maximum Gasteiger partial charge on any atom is 0.129 e. The van der Waals surface area contributed by atoms with Gasteiger partial charge in [-0.15, -0.1) is 0 Å². The summed E-state index contributed by atoms with van der Waals surface area (Å²) in [6.45, 7) is 17.7. The zero-order chi connectivity index (χ0) is 18.0. The van der Waals surface area contributed by atoms with Gasteiger partial charge in [0.25, 0.3) is 0 Å². The summed E-state index contributed by atoms with van der Waals surface area (Å²) in [5.74, 6) is 1.55. The molecule has 0 bridgehead atoms. The van der Waals surface area contributed by atoms with Crippen LogP contribution in [-0.2, 0) is 4.79 Å². The average Bonchev–Trinajstić information content (AvgIpc) is 2.48. The van der Waals surface area contributed by atoms with Gasteiger partial charge in [0.15, 0.2) is 0 Å². The van der Waals surface area contributed by atoms with Crippen molar-refractivity contribution < 1.29 is 4.79 Å². The number of carbonyl (C=O) groups excluding carboxylic acids is 1. The molecule has 3 atom stereocenters. The Morgan fingerprint density at radius 1 is 1.00 bits per heavy atom. The average molecular weight is 321 g/mol. The molecule has 0 amide bonds. The number of hydrogen-bond acceptors (Lipinski definition) is 1. The highest BCUT2D eigenvalue weighted by Gasteiger charge is 2.34. The topological polar surface area (TPSA) is 17.1 Å². The van der Waals surface area contributed by atoms with Crippen LogP contribution >= 0.6 is 0 Å². The van der Waals surface area contributed by atoms with E-state index in [2.05, 4.69) is 60.6 Å². The molecule has 0 saturated carbocycles. The van der Waals surface area contributed by atoms with Gasteiger partial charge in [0, 0.05) is 6.42 Å². The van der Waals surface area contributed by atoms with E-state index in [9.17, 15) is 4.79 Å². The summed E-state index contributed by atoms with van der Waals surface area (Å²) in [4.78, 5) is 11.3. The summed E-state index contributed by atoms with van der Waals surface area (Å²) in [5, 5.41) is 0. The second kappa shape index (κ2) is 10.8. The molecule has 1 nitrogen and oxygen atoms in total. The molecule has 0 aliphatic heterocycles. The Kier molecular flexibility index (Phi) is 10.4. The molecule has 0 aromatic carbocycles. The molecule has 0 aromatic heterocycles. The van der Waals surface area contributed by atoms with E-state index >= 15 is 0 Å². The summed E-state index contributed by atoms with van der Waals surface area (Å²) in [6, 6.07) is 0. The third-order valence-corrected chi connectivity index (χ3v) is 5.85. The van der Waals surface area contributed by atoms with Crippen molar-refractivity contribution in [2.24, 2.45) is 17.3 Å². The lowest BCUT2D eigenvalue weighted by Crippen LogP contribution is -2.32. The molecule has 0 aliphatic carbocycles. The predicted molar refractivity (Wildman–Crippen MR) is 104 cm³/mol. The normalized spacial score (nSPS) is 17.3. The molecule has 1 heteroatoms. The predicted octanol–water partition coefficient (Wildman–Crippen LogP) is 7.13. The van der Waals surface area contributed by atoms with Gasteiger partial charge in [-0.1, -0.05) is 57.4 Å². The molecule has 0 saturated heterocycles. The Balaban J connectivity index is 4.65. The number of hydrogen-bond donors (Lipinski definition) is 0. The van der Waals surface area contributed by atoms with Gasteiger partial charge in [0.2, 0.25) is 0 Å². The minimum absolute atomic E-state index is 0.312. The molecule has 0 rings (SSSR count). The van der Waals surface area contributed by atoms with Crippen molar-refractivity contribution in [3.8, 4) is 0 Å². The number of Topliss-reactive ketones (excluding diaryl/α,β-unsaturated/α-hetero) is 1. The van der Waals surface area contributed by atoms with Crippen molar-refractivity contribution in [1.82, 2.24) is 0 Å². The van der Waals surface area contributed by atoms with Crippen LogP contribution in [0.25, 0.3) is 0 Å². The smallest absolute Gasteiger partial charge is 0.129 e. The van der Waals surface area contributed by atoms with Crippen molar-refractivity contribution in [2.75, 3.05) is 0 Å². The second-order valence-electron chi connectivity index (χ2n) is 8.01. The summed E-state index contributed by atoms with van der Waals surface area (Å²) in [5.41, 5.74) is 3.22. The van der Waals surface area contributed by atoms with Gasteiger partial charge in [-0.25, -0.2) is 0 Å². The van der Waals surface area contributed by atoms with Crippen molar-refractivity contribution >= 4 is 5.78 Å². The largest absolute Gasteiger partial charge is 0.300 e. The molecule has 0 heterocycles. The molecule has 23 heavy (non-hydrogen) atoms. The minimum atomic E-state index is 0.312. The van der Waals surface area contributed by atoms with E-state index in [4.69, 9.17) is 0 Å². The molecular weight excluding hydrogens is 280 g/mol. The highest BCUT2D eigenvalue weighted by Crippen LogP contribution is 2.43. The molecular formula is C22H40O. The minimum Gasteiger partial charge on any atom is -0.300 e. The Bertz CT molecular complexity index is 412. The standard InChI is InChI=1S/C22H40O/c1-9-22(8,20(6)15-16-21(7)23)19(5)14-13-18(4)12-10-11-17(2)3/h11,13,19-20H,9-10,12,14-16H2,1-8H3/b18-13+. The Hall–Kier alpha value is -0.850. The molecule has 3 unspecified atom stereocenters. The van der Waals surface area contributed by atoms with Gasteiger partial charge in [0.1, 0.15) is 5.78 Å². The van der Waals surface area contributed by atoms with Gasteiger partial charge >= 0.3 is 0 Å². The lowest BCUT2D eigenvalue weighted by atomic mass is 9.65. The van der Waals surface area contributed by atoms with Gasteiger partial charge in [0.05, 0.1) is 0 Å². The first-order valence-corrected chi connectivity index (χ1v) is 9.41. The first kappa shape index (κ1) is 22.1. The molecule has 0 fully saturated rings. The Labute approximate surface area is 145 Å². The quantitative estimate of drug-likeness (QED) is 0.370. The van der Waals surface area contributed by atoms with E-state index < -0.39 is 0 Å². The first-order chi connectivity index (χ1) is 10.6. The van der Waals surface area contributed by atoms with Crippen LogP contribution in [0.3, 0.4) is 0 Å². The van der Waals surface area contributed by atoms with E-state index in [1.165, 1.54) is 24.0 Å². The second-order valence-corrected chi connectivity index (χ2v) is 8.01. The molecule has 134 valence electrons. The third kappa shape index (κ3) is 8.53. The number of carbonyl (C=O) groups is 1. The maximum atomic E-state index is 11.3. The molecule has 0 aromatic rings. The molecule has 0 radical (unpaired) electrons. The monoisotopic (exact) mass is 320 g/mol. The van der Waals surface area contributed by atoms with Crippen LogP contribution in [-0.4, -0.2) is 5.78 Å². The fourth-order valence-corrected chi connectivity index (χ4v) is 3.27. The third-order valence-electron chi connectivity index (χ3n) is 5.85. The summed E-state index contributed by atoms with van der Waals surface area (Å²) in [7, 11) is 0. The van der Waals surface area contributed by atoms with Crippen molar-refractivity contribution in [2.45, 2.75) is 93.9 Å². The molecule has 0 N–H and O–H groups in total. The van der Waals surface area contributed by atoms with Crippen molar-refractivity contribution in [1.29, 1.82) is 0 Å². The number of allylic oxidation sites excluding steroid dienone is 4. The van der Waals surface area contributed by atoms with Crippen LogP contribution < -0.4 is 0 Å². The maximum absolute atomic E-state index is 11.3. The SMILES string of the molecule is CCC(C)(C(C)C/C=C(\C)CCC=C(C)C)C(C)CCC(C)=O. The van der Waals surface area contributed by atoms with Crippen molar-refractivity contribution in [3.05, 3.63) is 23.3 Å². The van der Waals surface area contributed by atoms with E-state index in [1.807, 2.05) is 0 Å². The Morgan fingerprint density at radius 2 is 1.61 bits per heavy atom. The van der Waals surface area contributed by atoms with Gasteiger partial charge in [-0.05, 0) is 70.6 Å². The van der Waals surface area contributed by atoms with E-state index in [-0.39, 0.29) is 0 Å². The van der Waals surface area contributed by atoms with E-state index in [0.717, 1.165) is 25.7 Å². The van der Waals surface area contributed by atoms with E-state index in [1.54, 1.807) is 6.92 Å². The number of ketones is 1. The highest BCUT2D eigenvalue weighted by molar-refractivity contribution is 5.75. The Morgan fingerprint density at radius 3 is 2.09 bits per heavy atom. The highest BCUT2D eigenvalue weighted by atomic mass is 16.1. The van der Waals surface area contributed by atoms with Gasteiger partial charge in [-0.2, -0.15) is 0 Å². The van der Waals surface area contributed by atoms with Gasteiger partial charge in [-0.3, -0.25) is 0 Å². The van der Waals surface area contributed by atoms with Crippen LogP contribution in [0.2, 0.25) is 0 Å². The van der Waals surface area contributed by atoms with E-state index in [0.29, 0.717) is 23.0 Å². The first-order valence-electron chi connectivity index (χ1n) is 9.41. The van der Waals surface area contributed by atoms with Crippen molar-refractivity contribution in [3.63, 3.8) is 0 Å². The fourth-order valence-electron chi connectivity index (χ4n) is 3.27. The number of rotatable bonds is 11. The van der Waals surface area contributed by atoms with Crippen LogP contribution in [0, 0.1) is 17.3 Å². The van der Waals surface area contributed by atoms with Crippen LogP contribution in [0.15, 0.2) is 23.3 Å².